The van der Waals surface area contributed by atoms with Crippen LogP contribution in [-0.4, -0.2) is 13.1 Å². The summed E-state index contributed by atoms with van der Waals surface area (Å²) in [6.45, 7) is 0. The first-order chi connectivity index (χ1) is 4.83. The number of halogens is 1. The lowest BCUT2D eigenvalue weighted by molar-refractivity contribution is -0.145. The van der Waals surface area contributed by atoms with E-state index in [1.165, 1.54) is 20.0 Å². The minimum absolute atomic E-state index is 0. The van der Waals surface area contributed by atoms with Crippen LogP contribution in [0.5, 0.6) is 0 Å². The van der Waals surface area contributed by atoms with Crippen molar-refractivity contribution in [2.75, 3.05) is 7.11 Å². The Morgan fingerprint density at radius 3 is 2.55 bits per heavy atom. The molecule has 11 heavy (non-hydrogen) atoms. The molecule has 2 aliphatic rings. The quantitative estimate of drug-likeness (QED) is 0.568. The first-order valence-corrected chi connectivity index (χ1v) is 3.90. The van der Waals surface area contributed by atoms with E-state index in [4.69, 9.17) is 4.74 Å². The van der Waals surface area contributed by atoms with Crippen molar-refractivity contribution < 1.29 is 9.53 Å². The van der Waals surface area contributed by atoms with Crippen LogP contribution in [0.4, 0.5) is 0 Å². The van der Waals surface area contributed by atoms with Gasteiger partial charge in [-0.15, -0.1) is 12.4 Å². The van der Waals surface area contributed by atoms with Gasteiger partial charge in [0, 0.05) is 0 Å². The van der Waals surface area contributed by atoms with Gasteiger partial charge in [0.05, 0.1) is 13.0 Å². The van der Waals surface area contributed by atoms with Gasteiger partial charge < -0.3 is 4.74 Å². The van der Waals surface area contributed by atoms with Gasteiger partial charge in [-0.05, 0) is 31.1 Å². The molecule has 3 atom stereocenters. The second-order valence-electron chi connectivity index (χ2n) is 3.37. The maximum absolute atomic E-state index is 11.0. The predicted octanol–water partition coefficient (Wildman–Crippen LogP) is 1.63. The molecule has 64 valence electrons. The number of esters is 1. The molecule has 0 aromatic carbocycles. The lowest BCUT2D eigenvalue weighted by Gasteiger charge is -2.06. The van der Waals surface area contributed by atoms with Crippen molar-refractivity contribution in [3.8, 4) is 0 Å². The number of hydrogen-bond acceptors (Lipinski definition) is 2. The van der Waals surface area contributed by atoms with E-state index >= 15 is 0 Å². The van der Waals surface area contributed by atoms with E-state index in [1.54, 1.807) is 0 Å². The van der Waals surface area contributed by atoms with Crippen molar-refractivity contribution in [1.82, 2.24) is 0 Å². The van der Waals surface area contributed by atoms with Gasteiger partial charge in [-0.25, -0.2) is 0 Å². The molecule has 0 aliphatic heterocycles. The predicted molar refractivity (Wildman–Crippen MR) is 43.6 cm³/mol. The van der Waals surface area contributed by atoms with Crippen LogP contribution in [0.15, 0.2) is 0 Å². The number of rotatable bonds is 1. The molecule has 2 rings (SSSR count). The molecule has 2 saturated carbocycles. The highest BCUT2D eigenvalue weighted by Gasteiger charge is 2.51. The molecule has 0 aromatic heterocycles. The van der Waals surface area contributed by atoms with E-state index in [2.05, 4.69) is 0 Å². The molecule has 0 aromatic rings. The summed E-state index contributed by atoms with van der Waals surface area (Å²) in [4.78, 5) is 11.0. The fourth-order valence-corrected chi connectivity index (χ4v) is 2.15. The monoisotopic (exact) mass is 176 g/mol. The summed E-state index contributed by atoms with van der Waals surface area (Å²) in [7, 11) is 1.48. The molecule has 0 N–H and O–H groups in total. The Labute approximate surface area is 72.7 Å². The molecular formula is C8H13ClO2. The smallest absolute Gasteiger partial charge is 0.308 e. The molecule has 3 heteroatoms. The highest BCUT2D eigenvalue weighted by atomic mass is 35.5. The number of methoxy groups -OCH3 is 1. The van der Waals surface area contributed by atoms with Gasteiger partial charge in [0.15, 0.2) is 0 Å². The maximum atomic E-state index is 11.0. The van der Waals surface area contributed by atoms with Gasteiger partial charge in [0.25, 0.3) is 0 Å². The number of hydrogen-bond donors (Lipinski definition) is 0. The number of carbonyl (C=O) groups is 1. The second-order valence-corrected chi connectivity index (χ2v) is 3.37. The lowest BCUT2D eigenvalue weighted by Crippen LogP contribution is -2.15. The number of carbonyl (C=O) groups excluding carboxylic acids is 1. The van der Waals surface area contributed by atoms with Crippen molar-refractivity contribution >= 4 is 18.4 Å². The van der Waals surface area contributed by atoms with E-state index in [-0.39, 0.29) is 24.3 Å². The molecule has 0 radical (unpaired) electrons. The first-order valence-electron chi connectivity index (χ1n) is 3.90. The number of ether oxygens (including phenoxy) is 1. The van der Waals surface area contributed by atoms with Crippen molar-refractivity contribution in [2.24, 2.45) is 17.8 Å². The minimum atomic E-state index is 0. The van der Waals surface area contributed by atoms with Crippen LogP contribution in [0.1, 0.15) is 19.3 Å². The van der Waals surface area contributed by atoms with Crippen LogP contribution in [0, 0.1) is 17.8 Å². The highest BCUT2D eigenvalue weighted by molar-refractivity contribution is 5.85. The first kappa shape index (κ1) is 8.85. The Balaban J connectivity index is 0.000000605. The van der Waals surface area contributed by atoms with Crippen molar-refractivity contribution in [3.63, 3.8) is 0 Å². The topological polar surface area (TPSA) is 26.3 Å². The summed E-state index contributed by atoms with van der Waals surface area (Å²) in [5.41, 5.74) is 0. The largest absolute Gasteiger partial charge is 0.469 e. The average molecular weight is 177 g/mol. The molecule has 2 nitrogen and oxygen atoms in total. The average Bonchev–Trinajstić information content (AvgIpc) is 2.62. The molecule has 0 spiro atoms. The fraction of sp³-hybridized carbons (Fsp3) is 0.875. The number of fused-ring (bicyclic) bond motifs is 1. The van der Waals surface area contributed by atoms with Gasteiger partial charge in [-0.3, -0.25) is 4.79 Å². The highest BCUT2D eigenvalue weighted by Crippen LogP contribution is 2.55. The van der Waals surface area contributed by atoms with Crippen LogP contribution < -0.4 is 0 Å². The molecule has 0 bridgehead atoms. The van der Waals surface area contributed by atoms with Crippen LogP contribution in [0.2, 0.25) is 0 Å². The van der Waals surface area contributed by atoms with Gasteiger partial charge in [0.1, 0.15) is 0 Å². The molecule has 0 amide bonds. The Bertz CT molecular complexity index is 169. The second kappa shape index (κ2) is 3.02. The van der Waals surface area contributed by atoms with Crippen LogP contribution >= 0.6 is 12.4 Å². The van der Waals surface area contributed by atoms with Gasteiger partial charge >= 0.3 is 5.97 Å². The zero-order chi connectivity index (χ0) is 7.14. The van der Waals surface area contributed by atoms with E-state index in [0.717, 1.165) is 12.3 Å². The van der Waals surface area contributed by atoms with Gasteiger partial charge in [-0.2, -0.15) is 0 Å². The van der Waals surface area contributed by atoms with Gasteiger partial charge in [0.2, 0.25) is 0 Å². The van der Waals surface area contributed by atoms with Crippen LogP contribution in [0.25, 0.3) is 0 Å². The molecule has 2 fully saturated rings. The lowest BCUT2D eigenvalue weighted by atomic mass is 10.0. The zero-order valence-electron chi connectivity index (χ0n) is 6.58. The maximum Gasteiger partial charge on any atom is 0.308 e. The fourth-order valence-electron chi connectivity index (χ4n) is 2.15. The van der Waals surface area contributed by atoms with Crippen molar-refractivity contribution in [3.05, 3.63) is 0 Å². The van der Waals surface area contributed by atoms with Crippen molar-refractivity contribution in [2.45, 2.75) is 19.3 Å². The SMILES string of the molecule is COC(=O)C1CCC2CC21.Cl. The summed E-state index contributed by atoms with van der Waals surface area (Å²) >= 11 is 0. The minimum Gasteiger partial charge on any atom is -0.469 e. The zero-order valence-corrected chi connectivity index (χ0v) is 7.39. The summed E-state index contributed by atoms with van der Waals surface area (Å²) < 4.78 is 4.69. The van der Waals surface area contributed by atoms with E-state index in [0.29, 0.717) is 5.92 Å². The third-order valence-electron chi connectivity index (χ3n) is 2.85. The summed E-state index contributed by atoms with van der Waals surface area (Å²) in [5.74, 6) is 1.86. The summed E-state index contributed by atoms with van der Waals surface area (Å²) in [5, 5.41) is 0. The third-order valence-corrected chi connectivity index (χ3v) is 2.85. The molecule has 0 saturated heterocycles. The van der Waals surface area contributed by atoms with E-state index < -0.39 is 0 Å². The molecule has 2 aliphatic carbocycles. The standard InChI is InChI=1S/C8H12O2.ClH/c1-10-8(9)6-3-2-5-4-7(5)6;/h5-7H,2-4H2,1H3;1H. The van der Waals surface area contributed by atoms with E-state index in [1.807, 2.05) is 0 Å². The summed E-state index contributed by atoms with van der Waals surface area (Å²) in [6.07, 6.45) is 3.60. The summed E-state index contributed by atoms with van der Waals surface area (Å²) in [6, 6.07) is 0. The van der Waals surface area contributed by atoms with Crippen molar-refractivity contribution in [1.29, 1.82) is 0 Å². The Kier molecular flexibility index (Phi) is 2.43. The Morgan fingerprint density at radius 1 is 1.45 bits per heavy atom. The molecular weight excluding hydrogens is 164 g/mol. The third kappa shape index (κ3) is 1.36. The Morgan fingerprint density at radius 2 is 2.18 bits per heavy atom. The van der Waals surface area contributed by atoms with Crippen LogP contribution in [0.3, 0.4) is 0 Å². The van der Waals surface area contributed by atoms with Crippen LogP contribution in [-0.2, 0) is 9.53 Å². The molecule has 0 heterocycles. The Hall–Kier alpha value is -0.240. The molecule has 3 unspecified atom stereocenters. The van der Waals surface area contributed by atoms with E-state index in [9.17, 15) is 4.79 Å². The normalized spacial score (nSPS) is 38.8. The van der Waals surface area contributed by atoms with Gasteiger partial charge in [-0.1, -0.05) is 0 Å².